The molecule has 0 atom stereocenters. The molecular formula is C29H36N2O7S2. The van der Waals surface area contributed by atoms with Gasteiger partial charge < -0.3 is 24.3 Å². The maximum absolute atomic E-state index is 13.9. The normalized spacial score (nSPS) is 11.0. The average molecular weight is 589 g/mol. The van der Waals surface area contributed by atoms with Gasteiger partial charge in [0.05, 0.1) is 39.0 Å². The lowest BCUT2D eigenvalue weighted by atomic mass is 10.2. The third-order valence-electron chi connectivity index (χ3n) is 6.06. The summed E-state index contributed by atoms with van der Waals surface area (Å²) in [5.74, 6) is 2.60. The first-order valence-electron chi connectivity index (χ1n) is 12.6. The lowest BCUT2D eigenvalue weighted by Crippen LogP contribution is -2.41. The summed E-state index contributed by atoms with van der Waals surface area (Å²) in [6.07, 6.45) is 0.743. The van der Waals surface area contributed by atoms with E-state index in [0.29, 0.717) is 18.0 Å². The molecule has 0 heterocycles. The Morgan fingerprint density at radius 1 is 0.850 bits per heavy atom. The summed E-state index contributed by atoms with van der Waals surface area (Å²) in [5.41, 5.74) is 2.65. The summed E-state index contributed by atoms with van der Waals surface area (Å²) in [5, 5.41) is 2.84. The molecule has 0 bridgehead atoms. The van der Waals surface area contributed by atoms with Crippen LogP contribution in [0.4, 0.5) is 5.69 Å². The van der Waals surface area contributed by atoms with Crippen molar-refractivity contribution >= 4 is 33.4 Å². The van der Waals surface area contributed by atoms with Gasteiger partial charge in [0.25, 0.3) is 10.0 Å². The Morgan fingerprint density at radius 2 is 1.52 bits per heavy atom. The lowest BCUT2D eigenvalue weighted by Gasteiger charge is -2.26. The Kier molecular flexibility index (Phi) is 11.4. The third-order valence-corrected chi connectivity index (χ3v) is 8.93. The van der Waals surface area contributed by atoms with Gasteiger partial charge >= 0.3 is 0 Å². The highest BCUT2D eigenvalue weighted by molar-refractivity contribution is 7.98. The fourth-order valence-corrected chi connectivity index (χ4v) is 6.22. The molecule has 3 aromatic rings. The molecule has 0 radical (unpaired) electrons. The Morgan fingerprint density at radius 3 is 2.17 bits per heavy atom. The molecule has 1 amide bonds. The molecule has 1 N–H and O–H groups in total. The van der Waals surface area contributed by atoms with Crippen LogP contribution in [0.5, 0.6) is 23.0 Å². The molecule has 3 rings (SSSR count). The number of nitrogens with zero attached hydrogens (tertiary/aromatic N) is 1. The van der Waals surface area contributed by atoms with Crippen LogP contribution in [0.1, 0.15) is 17.5 Å². The maximum atomic E-state index is 13.9. The van der Waals surface area contributed by atoms with Crippen LogP contribution in [0.25, 0.3) is 0 Å². The summed E-state index contributed by atoms with van der Waals surface area (Å²) >= 11 is 1.78. The van der Waals surface area contributed by atoms with Crippen LogP contribution >= 0.6 is 11.8 Å². The Labute approximate surface area is 240 Å². The second kappa shape index (κ2) is 14.7. The lowest BCUT2D eigenvalue weighted by molar-refractivity contribution is -0.119. The zero-order valence-electron chi connectivity index (χ0n) is 23.4. The van der Waals surface area contributed by atoms with Crippen LogP contribution in [-0.4, -0.2) is 61.6 Å². The van der Waals surface area contributed by atoms with Crippen LogP contribution in [0.2, 0.25) is 0 Å². The molecule has 0 aliphatic rings. The van der Waals surface area contributed by atoms with Gasteiger partial charge in [0, 0.05) is 24.4 Å². The van der Waals surface area contributed by atoms with E-state index in [2.05, 4.69) is 36.5 Å². The molecule has 0 unspecified atom stereocenters. The summed E-state index contributed by atoms with van der Waals surface area (Å²) < 4.78 is 50.2. The first-order chi connectivity index (χ1) is 19.2. The molecular weight excluding hydrogens is 552 g/mol. The highest BCUT2D eigenvalue weighted by Crippen LogP contribution is 2.37. The van der Waals surface area contributed by atoms with Crippen LogP contribution in [0.3, 0.4) is 0 Å². The second-order valence-corrected chi connectivity index (χ2v) is 11.8. The number of sulfonamides is 1. The summed E-state index contributed by atoms with van der Waals surface area (Å²) in [6.45, 7) is 2.01. The van der Waals surface area contributed by atoms with Gasteiger partial charge in [-0.05, 0) is 48.9 Å². The average Bonchev–Trinajstić information content (AvgIpc) is 2.97. The van der Waals surface area contributed by atoms with Crippen molar-refractivity contribution in [3.05, 3.63) is 71.8 Å². The largest absolute Gasteiger partial charge is 0.497 e. The van der Waals surface area contributed by atoms with Gasteiger partial charge in [0.1, 0.15) is 18.0 Å². The maximum Gasteiger partial charge on any atom is 0.265 e. The van der Waals surface area contributed by atoms with E-state index in [1.165, 1.54) is 63.8 Å². The van der Waals surface area contributed by atoms with E-state index >= 15 is 0 Å². The summed E-state index contributed by atoms with van der Waals surface area (Å²) in [4.78, 5) is 13.0. The van der Waals surface area contributed by atoms with Crippen LogP contribution < -0.4 is 28.6 Å². The summed E-state index contributed by atoms with van der Waals surface area (Å²) in [6, 6.07) is 17.4. The number of hydrogen-bond donors (Lipinski definition) is 1. The zero-order valence-corrected chi connectivity index (χ0v) is 25.1. The number of anilines is 1. The molecule has 0 aromatic heterocycles. The van der Waals surface area contributed by atoms with Crippen molar-refractivity contribution in [2.24, 2.45) is 0 Å². The number of rotatable bonds is 15. The predicted molar refractivity (Wildman–Crippen MR) is 159 cm³/mol. The molecule has 9 nitrogen and oxygen atoms in total. The van der Waals surface area contributed by atoms with Gasteiger partial charge in [-0.3, -0.25) is 9.10 Å². The van der Waals surface area contributed by atoms with E-state index in [-0.39, 0.29) is 22.1 Å². The molecule has 3 aromatic carbocycles. The van der Waals surface area contributed by atoms with Crippen LogP contribution in [0, 0.1) is 6.92 Å². The standard InChI is InChI=1S/C29H36N2O7S2/c1-21-7-9-22(10-8-21)20-39-16-6-15-30-29(32)19-31(25-17-23(35-2)11-13-26(25)36-3)40(33,34)24-12-14-27(37-4)28(18-24)38-5/h7-14,17-18H,6,15-16,19-20H2,1-5H3,(H,30,32). The number of carbonyl (C=O) groups is 1. The molecule has 0 aliphatic heterocycles. The molecule has 11 heteroatoms. The van der Waals surface area contributed by atoms with Crippen molar-refractivity contribution in [2.45, 2.75) is 24.0 Å². The Hall–Kier alpha value is -3.57. The van der Waals surface area contributed by atoms with Gasteiger partial charge in [-0.15, -0.1) is 0 Å². The van der Waals surface area contributed by atoms with Crippen LogP contribution in [-0.2, 0) is 20.6 Å². The molecule has 0 spiro atoms. The fraction of sp³-hybridized carbons (Fsp3) is 0.345. The van der Waals surface area contributed by atoms with E-state index in [1.54, 1.807) is 23.9 Å². The van der Waals surface area contributed by atoms with Gasteiger partial charge in [-0.2, -0.15) is 11.8 Å². The first-order valence-corrected chi connectivity index (χ1v) is 15.2. The number of carbonyl (C=O) groups excluding carboxylic acids is 1. The van der Waals surface area contributed by atoms with E-state index in [1.807, 2.05) is 0 Å². The SMILES string of the molecule is COc1ccc(OC)c(N(CC(=O)NCCCSCc2ccc(C)cc2)S(=O)(=O)c2ccc(OC)c(OC)c2)c1. The zero-order chi connectivity index (χ0) is 29.1. The van der Waals surface area contributed by atoms with Crippen molar-refractivity contribution in [1.82, 2.24) is 5.32 Å². The van der Waals surface area contributed by atoms with Crippen molar-refractivity contribution in [2.75, 3.05) is 51.6 Å². The van der Waals surface area contributed by atoms with Crippen LogP contribution in [0.15, 0.2) is 65.6 Å². The van der Waals surface area contributed by atoms with E-state index < -0.39 is 22.5 Å². The number of aryl methyl sites for hydroxylation is 1. The Bertz CT molecular complexity index is 1380. The number of benzene rings is 3. The number of thioether (sulfide) groups is 1. The quantitative estimate of drug-likeness (QED) is 0.256. The smallest absolute Gasteiger partial charge is 0.265 e. The highest BCUT2D eigenvalue weighted by atomic mass is 32.2. The van der Waals surface area contributed by atoms with Crippen molar-refractivity contribution in [1.29, 1.82) is 0 Å². The number of amides is 1. The van der Waals surface area contributed by atoms with Gasteiger partial charge in [-0.25, -0.2) is 8.42 Å². The molecule has 216 valence electrons. The van der Waals surface area contributed by atoms with E-state index in [0.717, 1.165) is 22.2 Å². The van der Waals surface area contributed by atoms with Crippen molar-refractivity contribution in [3.63, 3.8) is 0 Å². The Balaban J connectivity index is 1.76. The van der Waals surface area contributed by atoms with Gasteiger partial charge in [0.2, 0.25) is 5.91 Å². The topological polar surface area (TPSA) is 103 Å². The molecule has 0 saturated carbocycles. The molecule has 0 saturated heterocycles. The fourth-order valence-electron chi connectivity index (χ4n) is 3.86. The monoisotopic (exact) mass is 588 g/mol. The number of methoxy groups -OCH3 is 4. The van der Waals surface area contributed by atoms with Crippen molar-refractivity contribution in [3.8, 4) is 23.0 Å². The van der Waals surface area contributed by atoms with Crippen molar-refractivity contribution < 1.29 is 32.2 Å². The minimum absolute atomic E-state index is 0.0738. The third kappa shape index (κ3) is 7.98. The summed E-state index contributed by atoms with van der Waals surface area (Å²) in [7, 11) is 1.55. The van der Waals surface area contributed by atoms with Gasteiger partial charge in [0.15, 0.2) is 11.5 Å². The second-order valence-electron chi connectivity index (χ2n) is 8.81. The number of nitrogens with one attached hydrogen (secondary N) is 1. The molecule has 0 aliphatic carbocycles. The van der Waals surface area contributed by atoms with E-state index in [4.69, 9.17) is 18.9 Å². The van der Waals surface area contributed by atoms with Gasteiger partial charge in [-0.1, -0.05) is 29.8 Å². The van der Waals surface area contributed by atoms with E-state index in [9.17, 15) is 13.2 Å². The number of hydrogen-bond acceptors (Lipinski definition) is 8. The molecule has 40 heavy (non-hydrogen) atoms. The highest BCUT2D eigenvalue weighted by Gasteiger charge is 2.31. The minimum Gasteiger partial charge on any atom is -0.497 e. The molecule has 0 fully saturated rings. The first kappa shape index (κ1) is 31.0. The predicted octanol–water partition coefficient (Wildman–Crippen LogP) is 4.66. The number of ether oxygens (including phenoxy) is 4. The minimum atomic E-state index is -4.24.